The van der Waals surface area contributed by atoms with E-state index in [4.69, 9.17) is 0 Å². The smallest absolute Gasteiger partial charge is 0.0776 e. The highest BCUT2D eigenvalue weighted by molar-refractivity contribution is 7.11. The summed E-state index contributed by atoms with van der Waals surface area (Å²) in [5.74, 6) is 0. The van der Waals surface area contributed by atoms with Gasteiger partial charge in [0.25, 0.3) is 5.01 Å². The first kappa shape index (κ1) is 11.6. The summed E-state index contributed by atoms with van der Waals surface area (Å²) in [7, 11) is 0. The molecule has 0 aliphatic heterocycles. The van der Waals surface area contributed by atoms with E-state index < -0.39 is 0 Å². The zero-order valence-electron chi connectivity index (χ0n) is 9.92. The van der Waals surface area contributed by atoms with Gasteiger partial charge in [0.05, 0.1) is 0 Å². The van der Waals surface area contributed by atoms with Gasteiger partial charge in [-0.15, -0.1) is 0 Å². The number of rotatable bonds is 3. The van der Waals surface area contributed by atoms with Crippen molar-refractivity contribution in [2.24, 2.45) is 0 Å². The van der Waals surface area contributed by atoms with E-state index in [0.717, 1.165) is 6.54 Å². The molecule has 0 aromatic carbocycles. The lowest BCUT2D eigenvalue weighted by Gasteiger charge is -2.10. The van der Waals surface area contributed by atoms with E-state index in [1.165, 1.54) is 22.9 Å². The van der Waals surface area contributed by atoms with Gasteiger partial charge >= 0.3 is 0 Å². The number of aromatic nitrogens is 2. The molecule has 0 saturated heterocycles. The fraction of sp³-hybridized carbons (Fsp3) is 0.818. The maximum absolute atomic E-state index is 4.65. The van der Waals surface area contributed by atoms with Crippen LogP contribution in [0, 0.1) is 6.92 Å². The maximum Gasteiger partial charge on any atom is 0.262 e. The second-order valence-electron chi connectivity index (χ2n) is 4.75. The number of aryl methyl sites for hydroxylation is 2. The number of nitrogens with zero attached hydrogens (tertiary/aromatic N) is 2. The lowest BCUT2D eigenvalue weighted by Crippen LogP contribution is -2.38. The van der Waals surface area contributed by atoms with Gasteiger partial charge in [-0.25, -0.2) is 0 Å². The Kier molecular flexibility index (Phi) is 3.65. The predicted molar refractivity (Wildman–Crippen MR) is 60.7 cm³/mol. The summed E-state index contributed by atoms with van der Waals surface area (Å²) in [6.45, 7) is 12.1. The minimum Gasteiger partial charge on any atom is -0.0776 e. The topological polar surface area (TPSA) is 16.8 Å². The Labute approximate surface area is 91.0 Å². The first-order valence-electron chi connectivity index (χ1n) is 5.33. The van der Waals surface area contributed by atoms with Crippen LogP contribution in [-0.4, -0.2) is 5.10 Å². The van der Waals surface area contributed by atoms with Gasteiger partial charge in [-0.3, -0.25) is 0 Å². The predicted octanol–water partition coefficient (Wildman–Crippen LogP) is 2.84. The van der Waals surface area contributed by atoms with Crippen molar-refractivity contribution in [3.8, 4) is 0 Å². The lowest BCUT2D eigenvalue weighted by molar-refractivity contribution is -0.754. The molecule has 0 radical (unpaired) electrons. The molecule has 1 aromatic rings. The number of unbranched alkanes of at least 4 members (excludes halogenated alkanes) is 1. The van der Waals surface area contributed by atoms with Gasteiger partial charge in [-0.2, -0.15) is 0 Å². The molecule has 0 N–H and O–H groups in total. The highest BCUT2D eigenvalue weighted by Gasteiger charge is 2.24. The lowest BCUT2D eigenvalue weighted by atomic mass is 9.98. The van der Waals surface area contributed by atoms with Crippen molar-refractivity contribution in [1.82, 2.24) is 5.10 Å². The molecular weight excluding hydrogens is 192 g/mol. The molecule has 0 aliphatic carbocycles. The van der Waals surface area contributed by atoms with Gasteiger partial charge in [-0.1, -0.05) is 38.8 Å². The molecule has 0 fully saturated rings. The normalized spacial score (nSPS) is 12.1. The highest BCUT2D eigenvalue weighted by atomic mass is 32.1. The molecule has 1 aromatic heterocycles. The average molecular weight is 213 g/mol. The van der Waals surface area contributed by atoms with E-state index in [2.05, 4.69) is 44.4 Å². The van der Waals surface area contributed by atoms with Crippen molar-refractivity contribution in [2.45, 2.75) is 59.4 Å². The average Bonchev–Trinajstić information content (AvgIpc) is 2.43. The van der Waals surface area contributed by atoms with Crippen LogP contribution in [0.15, 0.2) is 0 Å². The molecule has 2 nitrogen and oxygen atoms in total. The molecule has 0 saturated carbocycles. The Balaban J connectivity index is 2.82. The minimum absolute atomic E-state index is 0.187. The second-order valence-corrected chi connectivity index (χ2v) is 5.93. The molecule has 0 spiro atoms. The quantitative estimate of drug-likeness (QED) is 0.706. The Bertz CT molecular complexity index is 297. The van der Waals surface area contributed by atoms with Crippen LogP contribution in [0.5, 0.6) is 0 Å². The summed E-state index contributed by atoms with van der Waals surface area (Å²) >= 11 is 1.82. The highest BCUT2D eigenvalue weighted by Crippen LogP contribution is 2.24. The molecule has 80 valence electrons. The minimum atomic E-state index is 0.187. The van der Waals surface area contributed by atoms with Crippen molar-refractivity contribution >= 4 is 11.3 Å². The fourth-order valence-electron chi connectivity index (χ4n) is 1.21. The van der Waals surface area contributed by atoms with Crippen molar-refractivity contribution in [1.29, 1.82) is 0 Å². The van der Waals surface area contributed by atoms with Crippen LogP contribution in [0.25, 0.3) is 0 Å². The molecule has 0 atom stereocenters. The third kappa shape index (κ3) is 2.77. The molecular formula is C11H21N2S+. The Morgan fingerprint density at radius 1 is 1.36 bits per heavy atom. The molecule has 1 rings (SSSR count). The van der Waals surface area contributed by atoms with Crippen LogP contribution in [-0.2, 0) is 12.0 Å². The Morgan fingerprint density at radius 3 is 2.43 bits per heavy atom. The van der Waals surface area contributed by atoms with Crippen molar-refractivity contribution in [3.05, 3.63) is 10.0 Å². The van der Waals surface area contributed by atoms with Gasteiger partial charge in [0.1, 0.15) is 0 Å². The third-order valence-electron chi connectivity index (χ3n) is 2.18. The third-order valence-corrected chi connectivity index (χ3v) is 3.58. The van der Waals surface area contributed by atoms with E-state index in [0.29, 0.717) is 0 Å². The first-order chi connectivity index (χ1) is 6.45. The number of hydrogen-bond acceptors (Lipinski definition) is 2. The van der Waals surface area contributed by atoms with Gasteiger partial charge in [0.15, 0.2) is 11.6 Å². The van der Waals surface area contributed by atoms with Crippen molar-refractivity contribution in [3.63, 3.8) is 0 Å². The van der Waals surface area contributed by atoms with E-state index >= 15 is 0 Å². The molecule has 0 unspecified atom stereocenters. The van der Waals surface area contributed by atoms with Crippen LogP contribution in [0.4, 0.5) is 0 Å². The van der Waals surface area contributed by atoms with E-state index in [1.807, 2.05) is 11.3 Å². The molecule has 14 heavy (non-hydrogen) atoms. The largest absolute Gasteiger partial charge is 0.262 e. The van der Waals surface area contributed by atoms with Crippen LogP contribution >= 0.6 is 11.3 Å². The summed E-state index contributed by atoms with van der Waals surface area (Å²) in [6, 6.07) is 0. The SMILES string of the molecule is CCCC[n+]1nc(C(C)(C)C)sc1C. The summed E-state index contributed by atoms with van der Waals surface area (Å²) in [6.07, 6.45) is 2.45. The van der Waals surface area contributed by atoms with E-state index in [1.54, 1.807) is 0 Å². The Hall–Kier alpha value is -0.440. The molecule has 3 heteroatoms. The molecule has 0 amide bonds. The van der Waals surface area contributed by atoms with Crippen LogP contribution in [0.1, 0.15) is 50.6 Å². The summed E-state index contributed by atoms with van der Waals surface area (Å²) in [4.78, 5) is 0. The monoisotopic (exact) mass is 213 g/mol. The summed E-state index contributed by atoms with van der Waals surface area (Å²) in [5.41, 5.74) is 0.187. The zero-order chi connectivity index (χ0) is 10.8. The zero-order valence-corrected chi connectivity index (χ0v) is 10.7. The van der Waals surface area contributed by atoms with Gasteiger partial charge < -0.3 is 0 Å². The van der Waals surface area contributed by atoms with E-state index in [-0.39, 0.29) is 5.41 Å². The van der Waals surface area contributed by atoms with Crippen LogP contribution < -0.4 is 4.68 Å². The van der Waals surface area contributed by atoms with E-state index in [9.17, 15) is 0 Å². The standard InChI is InChI=1S/C11H21N2S/c1-6-7-8-13-9(2)14-10(12-13)11(3,4)5/h6-8H2,1-5H3/q+1. The van der Waals surface area contributed by atoms with Crippen molar-refractivity contribution in [2.75, 3.05) is 0 Å². The molecule has 0 bridgehead atoms. The molecule has 1 heterocycles. The summed E-state index contributed by atoms with van der Waals surface area (Å²) < 4.78 is 2.15. The second kappa shape index (κ2) is 4.39. The maximum atomic E-state index is 4.65. The van der Waals surface area contributed by atoms with Gasteiger partial charge in [-0.05, 0) is 11.3 Å². The first-order valence-corrected chi connectivity index (χ1v) is 6.15. The Morgan fingerprint density at radius 2 is 2.00 bits per heavy atom. The van der Waals surface area contributed by atoms with Gasteiger partial charge in [0, 0.05) is 23.9 Å². The van der Waals surface area contributed by atoms with Crippen LogP contribution in [0.3, 0.4) is 0 Å². The van der Waals surface area contributed by atoms with Crippen molar-refractivity contribution < 1.29 is 4.68 Å². The summed E-state index contributed by atoms with van der Waals surface area (Å²) in [5, 5.41) is 7.22. The van der Waals surface area contributed by atoms with Gasteiger partial charge in [0.2, 0.25) is 0 Å². The van der Waals surface area contributed by atoms with Crippen LogP contribution in [0.2, 0.25) is 0 Å². The number of hydrogen-bond donors (Lipinski definition) is 0. The molecule has 0 aliphatic rings. The fourth-order valence-corrected chi connectivity index (χ4v) is 2.17.